The monoisotopic (exact) mass is 1420 g/mol. The summed E-state index contributed by atoms with van der Waals surface area (Å²) in [5, 5.41) is 10.6. The fraction of sp³-hybridized carbons (Fsp3) is 0.897. The molecule has 0 saturated carbocycles. The van der Waals surface area contributed by atoms with Crippen molar-refractivity contribution >= 4 is 39.5 Å². The first-order valence-corrected chi connectivity index (χ1v) is 42.9. The van der Waals surface area contributed by atoms with Crippen molar-refractivity contribution in [2.24, 2.45) is 5.92 Å². The summed E-state index contributed by atoms with van der Waals surface area (Å²) in [7, 11) is -9.92. The largest absolute Gasteiger partial charge is 0.472 e. The van der Waals surface area contributed by atoms with Gasteiger partial charge in [-0.05, 0) is 57.3 Å². The number of carbonyl (C=O) groups excluding carboxylic acids is 4. The van der Waals surface area contributed by atoms with Crippen LogP contribution in [-0.2, 0) is 65.4 Å². The van der Waals surface area contributed by atoms with Crippen LogP contribution in [0.4, 0.5) is 0 Å². The van der Waals surface area contributed by atoms with Gasteiger partial charge < -0.3 is 33.8 Å². The molecular formula is C78H148O17P2. The predicted molar refractivity (Wildman–Crippen MR) is 395 cm³/mol. The second-order valence-corrected chi connectivity index (χ2v) is 30.8. The first-order chi connectivity index (χ1) is 47.0. The number of esters is 4. The van der Waals surface area contributed by atoms with Gasteiger partial charge in [0.05, 0.1) is 26.4 Å². The van der Waals surface area contributed by atoms with Crippen molar-refractivity contribution in [3.05, 3.63) is 24.3 Å². The van der Waals surface area contributed by atoms with Gasteiger partial charge in [-0.25, -0.2) is 9.13 Å². The quantitative estimate of drug-likeness (QED) is 0.0169. The van der Waals surface area contributed by atoms with Crippen molar-refractivity contribution in [3.8, 4) is 0 Å². The van der Waals surface area contributed by atoms with Gasteiger partial charge in [0.1, 0.15) is 19.3 Å². The number of carbonyl (C=O) groups is 4. The van der Waals surface area contributed by atoms with Crippen LogP contribution < -0.4 is 0 Å². The maximum Gasteiger partial charge on any atom is 0.472 e. The summed E-state index contributed by atoms with van der Waals surface area (Å²) in [5.74, 6) is -1.35. The number of hydrogen-bond acceptors (Lipinski definition) is 15. The van der Waals surface area contributed by atoms with Crippen molar-refractivity contribution < 1.29 is 80.2 Å². The zero-order chi connectivity index (χ0) is 71.2. The number of hydrogen-bond donors (Lipinski definition) is 3. The Labute approximate surface area is 592 Å². The van der Waals surface area contributed by atoms with Gasteiger partial charge in [0, 0.05) is 25.7 Å². The average molecular weight is 1420 g/mol. The van der Waals surface area contributed by atoms with E-state index < -0.39 is 97.5 Å². The maximum atomic E-state index is 13.1. The Morgan fingerprint density at radius 3 is 0.845 bits per heavy atom. The molecule has 0 fully saturated rings. The molecule has 3 N–H and O–H groups in total. The fourth-order valence-electron chi connectivity index (χ4n) is 11.5. The molecule has 0 aliphatic heterocycles. The van der Waals surface area contributed by atoms with Gasteiger partial charge >= 0.3 is 39.5 Å². The van der Waals surface area contributed by atoms with Crippen LogP contribution in [0, 0.1) is 5.92 Å². The minimum absolute atomic E-state index is 0.0853. The highest BCUT2D eigenvalue weighted by Gasteiger charge is 2.30. The van der Waals surface area contributed by atoms with Gasteiger partial charge in [0.15, 0.2) is 12.2 Å². The summed E-state index contributed by atoms with van der Waals surface area (Å²) in [6, 6.07) is 0. The summed E-state index contributed by atoms with van der Waals surface area (Å²) in [6.45, 7) is 7.25. The van der Waals surface area contributed by atoms with E-state index in [1.54, 1.807) is 0 Å². The minimum atomic E-state index is -4.96. The smallest absolute Gasteiger partial charge is 0.462 e. The second-order valence-electron chi connectivity index (χ2n) is 27.9. The third-order valence-corrected chi connectivity index (χ3v) is 19.6. The van der Waals surface area contributed by atoms with Crippen molar-refractivity contribution in [2.45, 2.75) is 406 Å². The molecular weight excluding hydrogens is 1270 g/mol. The lowest BCUT2D eigenvalue weighted by atomic mass is 10.0. The highest BCUT2D eigenvalue weighted by Crippen LogP contribution is 2.45. The van der Waals surface area contributed by atoms with Crippen LogP contribution in [0.15, 0.2) is 24.3 Å². The second kappa shape index (κ2) is 70.6. The lowest BCUT2D eigenvalue weighted by Gasteiger charge is -2.21. The molecule has 17 nitrogen and oxygen atoms in total. The van der Waals surface area contributed by atoms with Crippen LogP contribution in [0.25, 0.3) is 0 Å². The van der Waals surface area contributed by atoms with Gasteiger partial charge in [-0.2, -0.15) is 0 Å². The minimum Gasteiger partial charge on any atom is -0.462 e. The van der Waals surface area contributed by atoms with Crippen LogP contribution in [0.2, 0.25) is 0 Å². The van der Waals surface area contributed by atoms with Crippen LogP contribution >= 0.6 is 15.6 Å². The fourth-order valence-corrected chi connectivity index (χ4v) is 13.1. The summed E-state index contributed by atoms with van der Waals surface area (Å²) < 4.78 is 68.5. The van der Waals surface area contributed by atoms with E-state index in [0.717, 1.165) is 109 Å². The van der Waals surface area contributed by atoms with E-state index in [1.807, 2.05) is 0 Å². The molecule has 2 unspecified atom stereocenters. The van der Waals surface area contributed by atoms with Gasteiger partial charge in [-0.1, -0.05) is 335 Å². The molecule has 0 aromatic carbocycles. The van der Waals surface area contributed by atoms with Crippen molar-refractivity contribution in [3.63, 3.8) is 0 Å². The average Bonchev–Trinajstić information content (AvgIpc) is 1.47. The Morgan fingerprint density at radius 2 is 0.557 bits per heavy atom. The van der Waals surface area contributed by atoms with Gasteiger partial charge in [-0.3, -0.25) is 37.3 Å². The number of allylic oxidation sites excluding steroid dienone is 4. The number of aliphatic hydroxyl groups excluding tert-OH is 1. The lowest BCUT2D eigenvalue weighted by molar-refractivity contribution is -0.161. The molecule has 0 heterocycles. The molecule has 19 heteroatoms. The molecule has 0 aromatic heterocycles. The van der Waals surface area contributed by atoms with Gasteiger partial charge in [0.25, 0.3) is 0 Å². The summed E-state index contributed by atoms with van der Waals surface area (Å²) in [4.78, 5) is 72.8. The third kappa shape index (κ3) is 71.7. The molecule has 0 amide bonds. The molecule has 0 bridgehead atoms. The summed E-state index contributed by atoms with van der Waals surface area (Å²) >= 11 is 0. The van der Waals surface area contributed by atoms with Gasteiger partial charge in [-0.15, -0.1) is 0 Å². The Morgan fingerprint density at radius 1 is 0.320 bits per heavy atom. The van der Waals surface area contributed by atoms with E-state index in [-0.39, 0.29) is 25.7 Å². The van der Waals surface area contributed by atoms with Crippen molar-refractivity contribution in [1.29, 1.82) is 0 Å². The Balaban J connectivity index is 5.26. The van der Waals surface area contributed by atoms with E-state index in [0.29, 0.717) is 25.7 Å². The molecule has 97 heavy (non-hydrogen) atoms. The van der Waals surface area contributed by atoms with E-state index >= 15 is 0 Å². The number of unbranched alkanes of at least 4 members (excludes halogenated alkanes) is 45. The van der Waals surface area contributed by atoms with Crippen molar-refractivity contribution in [1.82, 2.24) is 0 Å². The number of ether oxygens (including phenoxy) is 4. The van der Waals surface area contributed by atoms with Crippen LogP contribution in [0.5, 0.6) is 0 Å². The van der Waals surface area contributed by atoms with Crippen LogP contribution in [0.3, 0.4) is 0 Å². The first kappa shape index (κ1) is 94.5. The molecule has 0 rings (SSSR count). The number of phosphoric ester groups is 2. The molecule has 572 valence electrons. The van der Waals surface area contributed by atoms with Crippen molar-refractivity contribution in [2.75, 3.05) is 39.6 Å². The van der Waals surface area contributed by atoms with E-state index in [2.05, 4.69) is 58.9 Å². The van der Waals surface area contributed by atoms with Crippen LogP contribution in [-0.4, -0.2) is 96.7 Å². The zero-order valence-electron chi connectivity index (χ0n) is 62.7. The number of rotatable bonds is 76. The van der Waals surface area contributed by atoms with E-state index in [9.17, 15) is 43.2 Å². The first-order valence-electron chi connectivity index (χ1n) is 40.0. The molecule has 0 aromatic rings. The molecule has 0 aliphatic rings. The number of phosphoric acid groups is 2. The Hall–Kier alpha value is -2.46. The summed E-state index contributed by atoms with van der Waals surface area (Å²) in [5.41, 5.74) is 0. The molecule has 0 spiro atoms. The number of aliphatic hydroxyl groups is 1. The molecule has 0 saturated heterocycles. The normalized spacial score (nSPS) is 14.1. The molecule has 5 atom stereocenters. The summed E-state index contributed by atoms with van der Waals surface area (Å²) in [6.07, 6.45) is 63.2. The van der Waals surface area contributed by atoms with E-state index in [4.69, 9.17) is 37.0 Å². The Kier molecular flexibility index (Phi) is 68.8. The third-order valence-electron chi connectivity index (χ3n) is 17.7. The SMILES string of the molecule is CCCCCC/C=C\C=C/CCCCCCCC(=O)O[C@H](COC(=O)CCCCCCCCCCC)COP(=O)(O)OC[C@H](O)COP(=O)(O)OC[C@@H](COC(=O)CCCCCCCCCCCCCCCCCC)OC(=O)CCCCCCCCCCCCCCCCC(C)C. The zero-order valence-corrected chi connectivity index (χ0v) is 64.5. The molecule has 0 radical (unpaired) electrons. The molecule has 0 aliphatic carbocycles. The van der Waals surface area contributed by atoms with E-state index in [1.165, 1.54) is 199 Å². The standard InChI is InChI=1S/C78H148O17P2/c1-6-9-12-15-18-21-23-25-27-29-33-37-42-47-52-57-62-76(81)89-68-74(95-78(83)64-59-54-49-44-39-35-31-30-32-36-41-45-50-55-60-71(4)5)70-93-97(86,87)91-66-72(79)65-90-96(84,85)92-69-73(67-88-75(80)61-56-51-46-40-20-17-14-11-8-3)94-77(82)63-58-53-48-43-38-34-28-26-24-22-19-16-13-10-7-2/h22,24,26,28,71-74,79H,6-21,23,25,27,29-70H2,1-5H3,(H,84,85)(H,86,87)/b24-22-,28-26-/t72-,73+,74+/m0/s1. The Bertz CT molecular complexity index is 1950. The predicted octanol–water partition coefficient (Wildman–Crippen LogP) is 22.8. The lowest BCUT2D eigenvalue weighted by Crippen LogP contribution is -2.30. The van der Waals surface area contributed by atoms with Gasteiger partial charge in [0.2, 0.25) is 0 Å². The van der Waals surface area contributed by atoms with Crippen LogP contribution in [0.1, 0.15) is 388 Å². The highest BCUT2D eigenvalue weighted by molar-refractivity contribution is 7.47. The highest BCUT2D eigenvalue weighted by atomic mass is 31.2. The topological polar surface area (TPSA) is 237 Å². The maximum absolute atomic E-state index is 13.1.